The van der Waals surface area contributed by atoms with Crippen LogP contribution in [0.25, 0.3) is 0 Å². The zero-order valence-electron chi connectivity index (χ0n) is 23.5. The molecule has 1 fully saturated rings. The molecule has 11 nitrogen and oxygen atoms in total. The Bertz CT molecular complexity index is 1760. The molecule has 4 amide bonds. The number of sulfone groups is 1. The zero-order chi connectivity index (χ0) is 32.6. The van der Waals surface area contributed by atoms with Crippen LogP contribution in [0.15, 0.2) is 58.6 Å². The molecule has 1 saturated heterocycles. The molecular formula is C29H26F3N5O6S. The van der Waals surface area contributed by atoms with E-state index in [-0.39, 0.29) is 41.1 Å². The standard InChI is InChI=1S/C29H26F3N5O6S/c1-17-23(16-34)26(22-10-9-18(15-33)12-24(22)44(2,42)43)37(27(40)35-11-4-3-7-20(35)14-25(38)39)28(41)36(17)21-8-5-6-19(13-21)29(30,31)32/h5-6,8-10,12-13,20,26H,3-4,7,11,14H2,1-2H3,(H,38,39)/t20?,26-/m1/s1. The molecule has 15 heteroatoms. The highest BCUT2D eigenvalue weighted by atomic mass is 32.2. The predicted octanol–water partition coefficient (Wildman–Crippen LogP) is 5.21. The fourth-order valence-corrected chi connectivity index (χ4v) is 6.47. The number of hydrogen-bond donors (Lipinski definition) is 1. The number of allylic oxidation sites excluding steroid dienone is 1. The van der Waals surface area contributed by atoms with Crippen molar-refractivity contribution in [3.63, 3.8) is 0 Å². The Morgan fingerprint density at radius 3 is 2.39 bits per heavy atom. The summed E-state index contributed by atoms with van der Waals surface area (Å²) in [5, 5.41) is 29.2. The van der Waals surface area contributed by atoms with E-state index < -0.39 is 63.0 Å². The lowest BCUT2D eigenvalue weighted by atomic mass is 9.92. The van der Waals surface area contributed by atoms with Crippen molar-refractivity contribution in [2.75, 3.05) is 17.7 Å². The molecule has 1 unspecified atom stereocenters. The van der Waals surface area contributed by atoms with Crippen LogP contribution in [-0.4, -0.2) is 60.2 Å². The number of halogens is 3. The lowest BCUT2D eigenvalue weighted by Gasteiger charge is -2.45. The summed E-state index contributed by atoms with van der Waals surface area (Å²) in [6.45, 7) is 1.32. The highest BCUT2D eigenvalue weighted by Crippen LogP contribution is 2.43. The molecule has 0 radical (unpaired) electrons. The molecule has 2 aliphatic rings. The molecule has 2 aromatic rings. The second-order valence-corrected chi connectivity index (χ2v) is 12.4. The Balaban J connectivity index is 2.02. The average molecular weight is 630 g/mol. The van der Waals surface area contributed by atoms with Gasteiger partial charge in [-0.1, -0.05) is 12.1 Å². The van der Waals surface area contributed by atoms with Crippen molar-refractivity contribution in [2.24, 2.45) is 0 Å². The number of benzene rings is 2. The SMILES string of the molecule is CC1=C(C#N)[C@@H](c2ccc(C#N)cc2S(C)(=O)=O)N(C(=O)N2CCCCC2CC(=O)O)C(=O)N1c1cccc(C(F)(F)F)c1. The first-order valence-corrected chi connectivity index (χ1v) is 15.2. The molecule has 44 heavy (non-hydrogen) atoms. The molecule has 0 aliphatic carbocycles. The number of alkyl halides is 3. The molecule has 2 atom stereocenters. The monoisotopic (exact) mass is 629 g/mol. The number of piperidine rings is 1. The first kappa shape index (κ1) is 32.0. The summed E-state index contributed by atoms with van der Waals surface area (Å²) in [6.07, 6.45) is -3.07. The minimum Gasteiger partial charge on any atom is -0.481 e. The topological polar surface area (TPSA) is 163 Å². The fraction of sp³-hybridized carbons (Fsp3) is 0.345. The molecule has 0 aromatic heterocycles. The molecule has 1 N–H and O–H groups in total. The van der Waals surface area contributed by atoms with E-state index in [2.05, 4.69) is 0 Å². The van der Waals surface area contributed by atoms with Crippen molar-refractivity contribution < 1.29 is 41.1 Å². The van der Waals surface area contributed by atoms with Crippen molar-refractivity contribution in [2.45, 2.75) is 55.8 Å². The number of carboxylic acids is 1. The zero-order valence-corrected chi connectivity index (χ0v) is 24.3. The van der Waals surface area contributed by atoms with E-state index in [9.17, 15) is 51.6 Å². The maximum atomic E-state index is 14.3. The number of urea groups is 2. The number of nitrogens with zero attached hydrogens (tertiary/aromatic N) is 5. The normalized spacial score (nSPS) is 19.4. The van der Waals surface area contributed by atoms with Gasteiger partial charge in [0.1, 0.15) is 6.04 Å². The Morgan fingerprint density at radius 1 is 1.09 bits per heavy atom. The van der Waals surface area contributed by atoms with Crippen LogP contribution in [0.5, 0.6) is 0 Å². The highest BCUT2D eigenvalue weighted by Gasteiger charge is 2.47. The summed E-state index contributed by atoms with van der Waals surface area (Å²) in [4.78, 5) is 42.3. The second-order valence-electron chi connectivity index (χ2n) is 10.4. The van der Waals surface area contributed by atoms with Crippen LogP contribution < -0.4 is 4.90 Å². The van der Waals surface area contributed by atoms with Crippen LogP contribution in [0.2, 0.25) is 0 Å². The molecule has 0 saturated carbocycles. The summed E-state index contributed by atoms with van der Waals surface area (Å²) in [5.41, 5.74) is -2.14. The van der Waals surface area contributed by atoms with Crippen molar-refractivity contribution in [3.8, 4) is 12.1 Å². The van der Waals surface area contributed by atoms with Gasteiger partial charge in [-0.2, -0.15) is 23.7 Å². The maximum absolute atomic E-state index is 14.3. The molecule has 0 bridgehead atoms. The number of nitriles is 2. The third-order valence-corrected chi connectivity index (χ3v) is 8.68. The van der Waals surface area contributed by atoms with Gasteiger partial charge in [-0.15, -0.1) is 0 Å². The fourth-order valence-electron chi connectivity index (χ4n) is 5.52. The molecule has 0 spiro atoms. The first-order valence-electron chi connectivity index (χ1n) is 13.3. The number of hydrogen-bond acceptors (Lipinski definition) is 7. The van der Waals surface area contributed by atoms with E-state index in [1.807, 2.05) is 12.1 Å². The third kappa shape index (κ3) is 6.09. The number of rotatable bonds is 5. The molecule has 2 heterocycles. The van der Waals surface area contributed by atoms with Gasteiger partial charge < -0.3 is 10.0 Å². The van der Waals surface area contributed by atoms with Gasteiger partial charge in [-0.3, -0.25) is 9.69 Å². The van der Waals surface area contributed by atoms with E-state index in [1.165, 1.54) is 25.1 Å². The van der Waals surface area contributed by atoms with E-state index in [4.69, 9.17) is 0 Å². The van der Waals surface area contributed by atoms with Crippen molar-refractivity contribution in [1.82, 2.24) is 9.80 Å². The van der Waals surface area contributed by atoms with Gasteiger partial charge in [0.2, 0.25) is 0 Å². The van der Waals surface area contributed by atoms with Crippen LogP contribution in [0.1, 0.15) is 55.3 Å². The number of anilines is 1. The van der Waals surface area contributed by atoms with E-state index in [0.717, 1.165) is 34.3 Å². The molecule has 2 aromatic carbocycles. The summed E-state index contributed by atoms with van der Waals surface area (Å²) in [5.74, 6) is -1.21. The number of amides is 4. The first-order chi connectivity index (χ1) is 20.6. The molecule has 230 valence electrons. The summed E-state index contributed by atoms with van der Waals surface area (Å²) in [6, 6.07) is 6.15. The summed E-state index contributed by atoms with van der Waals surface area (Å²) < 4.78 is 66.6. The summed E-state index contributed by atoms with van der Waals surface area (Å²) in [7, 11) is -4.13. The maximum Gasteiger partial charge on any atom is 0.416 e. The van der Waals surface area contributed by atoms with Crippen molar-refractivity contribution in [3.05, 3.63) is 70.4 Å². The highest BCUT2D eigenvalue weighted by molar-refractivity contribution is 7.90. The van der Waals surface area contributed by atoms with Gasteiger partial charge in [0.25, 0.3) is 0 Å². The lowest BCUT2D eigenvalue weighted by Crippen LogP contribution is -2.58. The second kappa shape index (κ2) is 12.0. The van der Waals surface area contributed by atoms with Gasteiger partial charge in [-0.25, -0.2) is 22.9 Å². The van der Waals surface area contributed by atoms with Gasteiger partial charge in [0, 0.05) is 24.5 Å². The van der Waals surface area contributed by atoms with Crippen molar-refractivity contribution >= 4 is 33.6 Å². The van der Waals surface area contributed by atoms with Crippen LogP contribution in [0, 0.1) is 22.7 Å². The van der Waals surface area contributed by atoms with Crippen LogP contribution in [0.3, 0.4) is 0 Å². The van der Waals surface area contributed by atoms with E-state index in [1.54, 1.807) is 0 Å². The van der Waals surface area contributed by atoms with Gasteiger partial charge in [0.05, 0.1) is 45.8 Å². The van der Waals surface area contributed by atoms with Gasteiger partial charge in [-0.05, 0) is 62.1 Å². The Labute approximate surface area is 250 Å². The van der Waals surface area contributed by atoms with Crippen LogP contribution >= 0.6 is 0 Å². The number of aliphatic carboxylic acids is 1. The van der Waals surface area contributed by atoms with Gasteiger partial charge >= 0.3 is 24.2 Å². The Kier molecular flexibility index (Phi) is 8.74. The lowest BCUT2D eigenvalue weighted by molar-refractivity contribution is -0.139. The predicted molar refractivity (Wildman–Crippen MR) is 148 cm³/mol. The smallest absolute Gasteiger partial charge is 0.416 e. The number of carbonyl (C=O) groups excluding carboxylic acids is 2. The minimum atomic E-state index is -4.78. The Morgan fingerprint density at radius 2 is 1.80 bits per heavy atom. The van der Waals surface area contributed by atoms with Gasteiger partial charge in [0.15, 0.2) is 9.84 Å². The Hall–Kier alpha value is -4.89. The third-order valence-electron chi connectivity index (χ3n) is 7.53. The van der Waals surface area contributed by atoms with E-state index in [0.29, 0.717) is 23.8 Å². The quantitative estimate of drug-likeness (QED) is 0.471. The molecule has 4 rings (SSSR count). The molecule has 2 aliphatic heterocycles. The number of imide groups is 1. The van der Waals surface area contributed by atoms with E-state index >= 15 is 0 Å². The summed E-state index contributed by atoms with van der Waals surface area (Å²) >= 11 is 0. The average Bonchev–Trinajstić information content (AvgIpc) is 2.95. The largest absolute Gasteiger partial charge is 0.481 e. The van der Waals surface area contributed by atoms with Crippen molar-refractivity contribution in [1.29, 1.82) is 10.5 Å². The minimum absolute atomic E-state index is 0.0354. The number of likely N-dealkylation sites (tertiary alicyclic amines) is 1. The number of carbonyl (C=O) groups is 3. The van der Waals surface area contributed by atoms with Crippen LogP contribution in [-0.2, 0) is 20.8 Å². The molecular weight excluding hydrogens is 603 g/mol. The number of carboxylic acid groups (broad SMARTS) is 1. The van der Waals surface area contributed by atoms with Crippen LogP contribution in [0.4, 0.5) is 28.4 Å².